The molecule has 2 N–H and O–H groups in total. The van der Waals surface area contributed by atoms with E-state index in [4.69, 9.17) is 0 Å². The normalized spacial score (nSPS) is 11.7. The van der Waals surface area contributed by atoms with Crippen molar-refractivity contribution in [2.24, 2.45) is 4.99 Å². The molecule has 0 saturated heterocycles. The molecule has 0 unspecified atom stereocenters. The van der Waals surface area contributed by atoms with E-state index in [1.165, 1.54) is 15.6 Å². The monoisotopic (exact) mass is 333 g/mol. The van der Waals surface area contributed by atoms with Gasteiger partial charge in [-0.15, -0.1) is 11.3 Å². The summed E-state index contributed by atoms with van der Waals surface area (Å²) in [6, 6.07) is 4.08. The predicted molar refractivity (Wildman–Crippen MR) is 98.3 cm³/mol. The highest BCUT2D eigenvalue weighted by atomic mass is 32.1. The van der Waals surface area contributed by atoms with Gasteiger partial charge in [-0.2, -0.15) is 0 Å². The van der Waals surface area contributed by atoms with Crippen molar-refractivity contribution in [2.45, 2.75) is 40.2 Å². The van der Waals surface area contributed by atoms with Gasteiger partial charge < -0.3 is 15.2 Å². The van der Waals surface area contributed by atoms with E-state index in [-0.39, 0.29) is 0 Å². The van der Waals surface area contributed by atoms with Gasteiger partial charge in [0.2, 0.25) is 0 Å². The number of rotatable bonds is 8. The van der Waals surface area contributed by atoms with Crippen LogP contribution in [-0.2, 0) is 19.4 Å². The Morgan fingerprint density at radius 3 is 2.70 bits per heavy atom. The minimum absolute atomic E-state index is 0.759. The second-order valence-electron chi connectivity index (χ2n) is 5.32. The molecule has 2 heterocycles. The lowest BCUT2D eigenvalue weighted by atomic mass is 10.3. The Morgan fingerprint density at radius 2 is 2.04 bits per heavy atom. The van der Waals surface area contributed by atoms with Crippen molar-refractivity contribution in [1.82, 2.24) is 20.2 Å². The predicted octanol–water partition coefficient (Wildman–Crippen LogP) is 2.61. The number of aryl methyl sites for hydroxylation is 2. The summed E-state index contributed by atoms with van der Waals surface area (Å²) < 4.78 is 2.15. The molecule has 0 radical (unpaired) electrons. The van der Waals surface area contributed by atoms with Gasteiger partial charge in [0.15, 0.2) is 5.96 Å². The molecule has 0 amide bonds. The molecule has 0 atom stereocenters. The highest BCUT2D eigenvalue weighted by molar-refractivity contribution is 7.11. The van der Waals surface area contributed by atoms with Crippen LogP contribution in [0.4, 0.5) is 0 Å². The Morgan fingerprint density at radius 1 is 1.26 bits per heavy atom. The van der Waals surface area contributed by atoms with Crippen LogP contribution in [-0.4, -0.2) is 35.1 Å². The first-order valence-electron chi connectivity index (χ1n) is 8.31. The smallest absolute Gasteiger partial charge is 0.191 e. The second-order valence-corrected chi connectivity index (χ2v) is 6.61. The Balaban J connectivity index is 1.80. The molecule has 0 fully saturated rings. The van der Waals surface area contributed by atoms with Crippen molar-refractivity contribution in [3.05, 3.63) is 40.1 Å². The molecule has 2 rings (SSSR count). The van der Waals surface area contributed by atoms with E-state index in [0.29, 0.717) is 0 Å². The summed E-state index contributed by atoms with van der Waals surface area (Å²) in [5, 5.41) is 7.85. The number of nitrogens with one attached hydrogen (secondary N) is 2. The van der Waals surface area contributed by atoms with Crippen LogP contribution in [0.25, 0.3) is 0 Å². The second kappa shape index (κ2) is 9.35. The van der Waals surface area contributed by atoms with E-state index < -0.39 is 0 Å². The van der Waals surface area contributed by atoms with E-state index in [1.807, 2.05) is 12.1 Å². The topological polar surface area (TPSA) is 54.2 Å². The van der Waals surface area contributed by atoms with Crippen molar-refractivity contribution < 1.29 is 0 Å². The summed E-state index contributed by atoms with van der Waals surface area (Å²) in [6.07, 6.45) is 6.05. The van der Waals surface area contributed by atoms with Crippen molar-refractivity contribution in [3.8, 4) is 0 Å². The molecule has 6 heteroatoms. The third-order valence-corrected chi connectivity index (χ3v) is 4.61. The number of hydrogen-bond donors (Lipinski definition) is 2. The first-order valence-corrected chi connectivity index (χ1v) is 9.12. The van der Waals surface area contributed by atoms with Gasteiger partial charge in [-0.3, -0.25) is 4.99 Å². The molecule has 5 nitrogen and oxygen atoms in total. The maximum atomic E-state index is 4.67. The van der Waals surface area contributed by atoms with Crippen molar-refractivity contribution in [2.75, 3.05) is 19.6 Å². The van der Waals surface area contributed by atoms with Crippen LogP contribution in [0.15, 0.2) is 29.5 Å². The van der Waals surface area contributed by atoms with Gasteiger partial charge >= 0.3 is 0 Å². The Kier molecular flexibility index (Phi) is 7.13. The van der Waals surface area contributed by atoms with Gasteiger partial charge in [0.25, 0.3) is 0 Å². The van der Waals surface area contributed by atoms with Gasteiger partial charge in [-0.05, 0) is 32.4 Å². The number of aliphatic imine (C=N–C) groups is 1. The zero-order valence-corrected chi connectivity index (χ0v) is 15.1. The van der Waals surface area contributed by atoms with Crippen LogP contribution in [0.5, 0.6) is 0 Å². The lowest BCUT2D eigenvalue weighted by Crippen LogP contribution is -2.39. The fourth-order valence-electron chi connectivity index (χ4n) is 2.35. The Bertz CT molecular complexity index is 601. The molecule has 2 aromatic rings. The van der Waals surface area contributed by atoms with E-state index in [2.05, 4.69) is 58.3 Å². The molecule has 0 saturated carbocycles. The van der Waals surface area contributed by atoms with E-state index >= 15 is 0 Å². The third-order valence-electron chi connectivity index (χ3n) is 3.54. The number of aromatic nitrogens is 2. The van der Waals surface area contributed by atoms with Gasteiger partial charge in [0.05, 0.1) is 10.7 Å². The Labute approximate surface area is 142 Å². The number of hydrogen-bond acceptors (Lipinski definition) is 3. The van der Waals surface area contributed by atoms with Gasteiger partial charge in [-0.1, -0.05) is 6.92 Å². The van der Waals surface area contributed by atoms with Crippen LogP contribution in [0, 0.1) is 6.92 Å². The molecule has 23 heavy (non-hydrogen) atoms. The number of thiazole rings is 1. The third kappa shape index (κ3) is 5.71. The van der Waals surface area contributed by atoms with Crippen LogP contribution in [0.3, 0.4) is 0 Å². The van der Waals surface area contributed by atoms with E-state index in [9.17, 15) is 0 Å². The summed E-state index contributed by atoms with van der Waals surface area (Å²) in [4.78, 5) is 10.7. The standard InChI is InChI=1S/C17H27N5S/c1-4-15-14(3)23-16(21-15)8-9-19-17(18-5-2)20-10-13-22-11-6-7-12-22/h6-7,11-12H,4-5,8-10,13H2,1-3H3,(H2,18,19,20). The first-order chi connectivity index (χ1) is 11.2. The molecule has 2 aromatic heterocycles. The zero-order valence-electron chi connectivity index (χ0n) is 14.3. The van der Waals surface area contributed by atoms with E-state index in [1.54, 1.807) is 11.3 Å². The molecule has 0 bridgehead atoms. The highest BCUT2D eigenvalue weighted by Crippen LogP contribution is 2.18. The highest BCUT2D eigenvalue weighted by Gasteiger charge is 2.05. The first kappa shape index (κ1) is 17.5. The quantitative estimate of drug-likeness (QED) is 0.577. The minimum atomic E-state index is 0.759. The van der Waals surface area contributed by atoms with Crippen molar-refractivity contribution in [1.29, 1.82) is 0 Å². The fraction of sp³-hybridized carbons (Fsp3) is 0.529. The molecular formula is C17H27N5S. The maximum Gasteiger partial charge on any atom is 0.191 e. The van der Waals surface area contributed by atoms with Crippen molar-refractivity contribution >= 4 is 17.3 Å². The lowest BCUT2D eigenvalue weighted by Gasteiger charge is -2.11. The summed E-state index contributed by atoms with van der Waals surface area (Å²) in [5.74, 6) is 0.878. The van der Waals surface area contributed by atoms with E-state index in [0.717, 1.165) is 45.0 Å². The molecule has 0 spiro atoms. The van der Waals surface area contributed by atoms with Gasteiger partial charge in [-0.25, -0.2) is 4.98 Å². The number of nitrogens with zero attached hydrogens (tertiary/aromatic N) is 3. The summed E-state index contributed by atoms with van der Waals surface area (Å²) in [6.45, 7) is 9.80. The average molecular weight is 334 g/mol. The molecule has 0 aliphatic carbocycles. The van der Waals surface area contributed by atoms with Crippen molar-refractivity contribution in [3.63, 3.8) is 0 Å². The molecular weight excluding hydrogens is 306 g/mol. The summed E-state index contributed by atoms with van der Waals surface area (Å²) >= 11 is 1.80. The van der Waals surface area contributed by atoms with Crippen LogP contribution in [0.1, 0.15) is 29.4 Å². The largest absolute Gasteiger partial charge is 0.357 e. The fourth-order valence-corrected chi connectivity index (χ4v) is 3.36. The average Bonchev–Trinajstić information content (AvgIpc) is 3.17. The minimum Gasteiger partial charge on any atom is -0.357 e. The van der Waals surface area contributed by atoms with Crippen LogP contribution in [0.2, 0.25) is 0 Å². The lowest BCUT2D eigenvalue weighted by molar-refractivity contribution is 0.665. The van der Waals surface area contributed by atoms with Gasteiger partial charge in [0.1, 0.15) is 0 Å². The molecule has 0 aliphatic heterocycles. The SMILES string of the molecule is CCNC(=NCCc1nc(CC)c(C)s1)NCCn1cccc1. The zero-order chi connectivity index (χ0) is 16.5. The van der Waals surface area contributed by atoms with Crippen LogP contribution >= 0.6 is 11.3 Å². The maximum absolute atomic E-state index is 4.67. The Hall–Kier alpha value is -1.82. The van der Waals surface area contributed by atoms with Crippen LogP contribution < -0.4 is 10.6 Å². The van der Waals surface area contributed by atoms with Gasteiger partial charge in [0, 0.05) is 49.9 Å². The number of guanidine groups is 1. The summed E-state index contributed by atoms with van der Waals surface area (Å²) in [7, 11) is 0. The molecule has 126 valence electrons. The summed E-state index contributed by atoms with van der Waals surface area (Å²) in [5.41, 5.74) is 1.23. The molecule has 0 aromatic carbocycles. The molecule has 0 aliphatic rings.